The molecule has 2 aliphatic rings. The molecule has 0 radical (unpaired) electrons. The van der Waals surface area contributed by atoms with Gasteiger partial charge in [-0.05, 0) is 62.1 Å². The first-order valence-corrected chi connectivity index (χ1v) is 11.5. The predicted molar refractivity (Wildman–Crippen MR) is 127 cm³/mol. The number of hydrogen-bond acceptors (Lipinski definition) is 6. The minimum Gasteiger partial charge on any atom is -0.327 e. The zero-order valence-electron chi connectivity index (χ0n) is 17.8. The lowest BCUT2D eigenvalue weighted by atomic mass is 10.2. The third-order valence-corrected chi connectivity index (χ3v) is 6.42. The van der Waals surface area contributed by atoms with Gasteiger partial charge in [-0.3, -0.25) is 9.89 Å². The standard InChI is InChI=1S/C23H23ClN8O/c24-15-7-9-16(10-8-15)25-22(33)19-4-1-11-31(19)23-27-21(18-3-2-12-32(18)30-23)26-20-13-17(28-29-20)14-5-6-14/h2-3,7-10,12-14,19H,1,4-6,11H2,(H,25,33)(H2,26,27,28,29,30). The third-order valence-electron chi connectivity index (χ3n) is 6.17. The highest BCUT2D eigenvalue weighted by molar-refractivity contribution is 6.30. The lowest BCUT2D eigenvalue weighted by molar-refractivity contribution is -0.117. The van der Waals surface area contributed by atoms with Crippen molar-refractivity contribution in [1.29, 1.82) is 0 Å². The Morgan fingerprint density at radius 3 is 2.82 bits per heavy atom. The average molecular weight is 463 g/mol. The van der Waals surface area contributed by atoms with Gasteiger partial charge in [-0.25, -0.2) is 4.52 Å². The summed E-state index contributed by atoms with van der Waals surface area (Å²) in [5.74, 6) is 2.40. The highest BCUT2D eigenvalue weighted by Crippen LogP contribution is 2.39. The maximum atomic E-state index is 13.1. The Morgan fingerprint density at radius 1 is 1.15 bits per heavy atom. The third kappa shape index (κ3) is 4.00. The summed E-state index contributed by atoms with van der Waals surface area (Å²) in [6, 6.07) is 12.7. The SMILES string of the molecule is O=C(Nc1ccc(Cl)cc1)C1CCCN1c1nc(Nc2cc(C3CC3)[nH]n2)c2cccn2n1. The molecule has 1 atom stereocenters. The fraction of sp³-hybridized carbons (Fsp3) is 0.304. The van der Waals surface area contributed by atoms with Crippen molar-refractivity contribution < 1.29 is 4.79 Å². The number of halogens is 1. The number of H-pyrrole nitrogens is 1. The van der Waals surface area contributed by atoms with Crippen molar-refractivity contribution in [2.45, 2.75) is 37.6 Å². The van der Waals surface area contributed by atoms with Crippen molar-refractivity contribution in [3.63, 3.8) is 0 Å². The van der Waals surface area contributed by atoms with Gasteiger partial charge in [-0.1, -0.05) is 11.6 Å². The van der Waals surface area contributed by atoms with Crippen LogP contribution in [0.1, 0.15) is 37.3 Å². The summed E-state index contributed by atoms with van der Waals surface area (Å²) in [6.07, 6.45) is 5.91. The summed E-state index contributed by atoms with van der Waals surface area (Å²) < 4.78 is 1.78. The highest BCUT2D eigenvalue weighted by atomic mass is 35.5. The molecule has 4 aromatic rings. The van der Waals surface area contributed by atoms with Gasteiger partial charge in [0.25, 0.3) is 0 Å². The normalized spacial score (nSPS) is 18.1. The van der Waals surface area contributed by atoms with Crippen molar-refractivity contribution in [3.8, 4) is 0 Å². The summed E-state index contributed by atoms with van der Waals surface area (Å²) in [5.41, 5.74) is 2.71. The molecule has 1 unspecified atom stereocenters. The quantitative estimate of drug-likeness (QED) is 0.394. The first kappa shape index (κ1) is 20.0. The smallest absolute Gasteiger partial charge is 0.247 e. The summed E-state index contributed by atoms with van der Waals surface area (Å²) in [4.78, 5) is 19.8. The Balaban J connectivity index is 1.27. The highest BCUT2D eigenvalue weighted by Gasteiger charge is 2.33. The molecule has 3 N–H and O–H groups in total. The lowest BCUT2D eigenvalue weighted by Gasteiger charge is -2.24. The topological polar surface area (TPSA) is 103 Å². The van der Waals surface area contributed by atoms with Crippen LogP contribution in [0.15, 0.2) is 48.7 Å². The molecule has 2 fully saturated rings. The molecule has 6 rings (SSSR count). The number of carbonyl (C=O) groups excluding carboxylic acids is 1. The largest absolute Gasteiger partial charge is 0.327 e. The zero-order chi connectivity index (χ0) is 22.4. The Morgan fingerprint density at radius 2 is 2.00 bits per heavy atom. The monoisotopic (exact) mass is 462 g/mol. The van der Waals surface area contributed by atoms with E-state index in [1.54, 1.807) is 28.8 Å². The molecule has 3 aromatic heterocycles. The number of hydrogen-bond donors (Lipinski definition) is 3. The van der Waals surface area contributed by atoms with E-state index in [9.17, 15) is 4.79 Å². The molecule has 1 saturated heterocycles. The van der Waals surface area contributed by atoms with Crippen LogP contribution in [0, 0.1) is 0 Å². The van der Waals surface area contributed by atoms with Gasteiger partial charge in [-0.15, -0.1) is 5.10 Å². The number of nitrogens with zero attached hydrogens (tertiary/aromatic N) is 5. The lowest BCUT2D eigenvalue weighted by Crippen LogP contribution is -2.40. The minimum atomic E-state index is -0.353. The van der Waals surface area contributed by atoms with E-state index >= 15 is 0 Å². The van der Waals surface area contributed by atoms with Crippen LogP contribution in [0.25, 0.3) is 5.52 Å². The molecule has 33 heavy (non-hydrogen) atoms. The van der Waals surface area contributed by atoms with Crippen LogP contribution in [0.3, 0.4) is 0 Å². The van der Waals surface area contributed by atoms with E-state index in [2.05, 4.69) is 25.9 Å². The molecule has 1 aliphatic heterocycles. The second kappa shape index (κ2) is 8.08. The van der Waals surface area contributed by atoms with Crippen LogP contribution in [-0.2, 0) is 4.79 Å². The maximum absolute atomic E-state index is 13.1. The fourth-order valence-electron chi connectivity index (χ4n) is 4.30. The fourth-order valence-corrected chi connectivity index (χ4v) is 4.43. The maximum Gasteiger partial charge on any atom is 0.247 e. The van der Waals surface area contributed by atoms with Crippen LogP contribution >= 0.6 is 11.6 Å². The van der Waals surface area contributed by atoms with Gasteiger partial charge < -0.3 is 15.5 Å². The van der Waals surface area contributed by atoms with Crippen molar-refractivity contribution in [2.24, 2.45) is 0 Å². The van der Waals surface area contributed by atoms with E-state index in [-0.39, 0.29) is 11.9 Å². The van der Waals surface area contributed by atoms with Crippen LogP contribution in [-0.4, -0.2) is 43.3 Å². The van der Waals surface area contributed by atoms with Crippen molar-refractivity contribution in [3.05, 3.63) is 59.4 Å². The van der Waals surface area contributed by atoms with Crippen molar-refractivity contribution >= 4 is 46.3 Å². The molecular formula is C23H23ClN8O. The number of nitrogens with one attached hydrogen (secondary N) is 3. The summed E-state index contributed by atoms with van der Waals surface area (Å²) in [5, 5.41) is 19.1. The number of aromatic amines is 1. The molecular weight excluding hydrogens is 440 g/mol. The number of rotatable bonds is 6. The van der Waals surface area contributed by atoms with Gasteiger partial charge in [0.2, 0.25) is 11.9 Å². The van der Waals surface area contributed by atoms with Crippen LogP contribution in [0.5, 0.6) is 0 Å². The Kier molecular flexibility index (Phi) is 4.91. The first-order valence-electron chi connectivity index (χ1n) is 11.1. The minimum absolute atomic E-state index is 0.0816. The number of carbonyl (C=O) groups is 1. The van der Waals surface area contributed by atoms with Gasteiger partial charge in [0, 0.05) is 41.1 Å². The second-order valence-corrected chi connectivity index (χ2v) is 8.99. The molecule has 4 heterocycles. The summed E-state index contributed by atoms with van der Waals surface area (Å²) in [7, 11) is 0. The molecule has 168 valence electrons. The molecule has 1 aromatic carbocycles. The number of amides is 1. The van der Waals surface area contributed by atoms with E-state index in [1.807, 2.05) is 29.3 Å². The number of aromatic nitrogens is 5. The van der Waals surface area contributed by atoms with Crippen LogP contribution in [0.2, 0.25) is 5.02 Å². The Bertz CT molecular complexity index is 1310. The molecule has 0 bridgehead atoms. The van der Waals surface area contributed by atoms with E-state index in [1.165, 1.54) is 12.8 Å². The Labute approximate surface area is 195 Å². The predicted octanol–water partition coefficient (Wildman–Crippen LogP) is 4.33. The van der Waals surface area contributed by atoms with Gasteiger partial charge in [0.15, 0.2) is 11.6 Å². The van der Waals surface area contributed by atoms with Crippen LogP contribution in [0.4, 0.5) is 23.3 Å². The first-order chi connectivity index (χ1) is 16.1. The van der Waals surface area contributed by atoms with Gasteiger partial charge in [0.05, 0.1) is 0 Å². The number of fused-ring (bicyclic) bond motifs is 1. The van der Waals surface area contributed by atoms with E-state index < -0.39 is 0 Å². The molecule has 0 spiro atoms. The molecule has 1 saturated carbocycles. The van der Waals surface area contributed by atoms with Gasteiger partial charge >= 0.3 is 0 Å². The number of anilines is 4. The van der Waals surface area contributed by atoms with E-state index in [4.69, 9.17) is 16.6 Å². The van der Waals surface area contributed by atoms with Gasteiger partial charge in [-0.2, -0.15) is 10.1 Å². The van der Waals surface area contributed by atoms with Gasteiger partial charge in [0.1, 0.15) is 11.6 Å². The summed E-state index contributed by atoms with van der Waals surface area (Å²) in [6.45, 7) is 0.707. The second-order valence-electron chi connectivity index (χ2n) is 8.55. The average Bonchev–Trinajstić information content (AvgIpc) is 3.20. The zero-order valence-corrected chi connectivity index (χ0v) is 18.6. The van der Waals surface area contributed by atoms with Crippen molar-refractivity contribution in [1.82, 2.24) is 24.8 Å². The molecule has 10 heteroatoms. The molecule has 1 amide bonds. The Hall–Kier alpha value is -3.59. The number of benzene rings is 1. The van der Waals surface area contributed by atoms with Crippen molar-refractivity contribution in [2.75, 3.05) is 22.1 Å². The summed E-state index contributed by atoms with van der Waals surface area (Å²) >= 11 is 5.96. The van der Waals surface area contributed by atoms with E-state index in [0.29, 0.717) is 34.9 Å². The van der Waals surface area contributed by atoms with E-state index in [0.717, 1.165) is 29.9 Å². The molecule has 1 aliphatic carbocycles. The molecule has 9 nitrogen and oxygen atoms in total. The van der Waals surface area contributed by atoms with Crippen LogP contribution < -0.4 is 15.5 Å².